The number of likely N-dealkylation sites (N-methyl/N-ethyl adjacent to an activating group) is 1. The van der Waals surface area contributed by atoms with Crippen molar-refractivity contribution < 1.29 is 42.1 Å². The number of ether oxygens (including phenoxy) is 2. The molecule has 0 bridgehead atoms. The summed E-state index contributed by atoms with van der Waals surface area (Å²) in [6, 6.07) is 0. The summed E-state index contributed by atoms with van der Waals surface area (Å²) in [5.41, 5.74) is 0. The zero-order valence-electron chi connectivity index (χ0n) is 35.9. The van der Waals surface area contributed by atoms with Gasteiger partial charge in [-0.15, -0.1) is 0 Å². The average Bonchev–Trinajstić information content (AvgIpc) is 3.13. The van der Waals surface area contributed by atoms with Crippen LogP contribution in [0.25, 0.3) is 0 Å². The Labute approximate surface area is 337 Å². The van der Waals surface area contributed by atoms with Crippen LogP contribution >= 0.6 is 7.82 Å². The van der Waals surface area contributed by atoms with Crippen molar-refractivity contribution in [1.82, 2.24) is 0 Å². The van der Waals surface area contributed by atoms with Crippen LogP contribution in [-0.4, -0.2) is 70.0 Å². The van der Waals surface area contributed by atoms with E-state index >= 15 is 0 Å². The molecule has 1 unspecified atom stereocenters. The van der Waals surface area contributed by atoms with Crippen molar-refractivity contribution in [2.45, 2.75) is 180 Å². The number of esters is 2. The molecule has 55 heavy (non-hydrogen) atoms. The molecule has 0 amide bonds. The predicted molar refractivity (Wildman–Crippen MR) is 227 cm³/mol. The second-order valence-electron chi connectivity index (χ2n) is 15.7. The molecule has 0 heterocycles. The molecule has 0 saturated carbocycles. The van der Waals surface area contributed by atoms with E-state index in [0.29, 0.717) is 23.9 Å². The summed E-state index contributed by atoms with van der Waals surface area (Å²) in [5.74, 6) is -0.891. The minimum Gasteiger partial charge on any atom is -0.756 e. The highest BCUT2D eigenvalue weighted by Crippen LogP contribution is 2.38. The molecule has 10 heteroatoms. The van der Waals surface area contributed by atoms with Gasteiger partial charge in [-0.2, -0.15) is 0 Å². The van der Waals surface area contributed by atoms with Crippen molar-refractivity contribution >= 4 is 19.8 Å². The van der Waals surface area contributed by atoms with E-state index < -0.39 is 32.5 Å². The van der Waals surface area contributed by atoms with E-state index in [-0.39, 0.29) is 26.1 Å². The van der Waals surface area contributed by atoms with Gasteiger partial charge in [0.15, 0.2) is 6.10 Å². The Kier molecular flexibility index (Phi) is 36.2. The predicted octanol–water partition coefficient (Wildman–Crippen LogP) is 11.7. The van der Waals surface area contributed by atoms with Gasteiger partial charge < -0.3 is 27.9 Å². The first-order chi connectivity index (χ1) is 26.5. The number of hydrogen-bond acceptors (Lipinski definition) is 8. The lowest BCUT2D eigenvalue weighted by atomic mass is 10.1. The number of quaternary nitrogens is 1. The lowest BCUT2D eigenvalue weighted by Gasteiger charge is -2.28. The molecule has 9 nitrogen and oxygen atoms in total. The van der Waals surface area contributed by atoms with Gasteiger partial charge in [-0.1, -0.05) is 133 Å². The smallest absolute Gasteiger partial charge is 0.306 e. The van der Waals surface area contributed by atoms with Gasteiger partial charge in [0.2, 0.25) is 0 Å². The molecule has 0 aromatic carbocycles. The highest BCUT2D eigenvalue weighted by atomic mass is 31.2. The highest BCUT2D eigenvalue weighted by molar-refractivity contribution is 7.45. The van der Waals surface area contributed by atoms with Crippen LogP contribution in [0.3, 0.4) is 0 Å². The first-order valence-electron chi connectivity index (χ1n) is 21.8. The van der Waals surface area contributed by atoms with Gasteiger partial charge in [0.1, 0.15) is 19.8 Å². The second kappa shape index (κ2) is 37.5. The maximum absolute atomic E-state index is 12.6. The van der Waals surface area contributed by atoms with Crippen molar-refractivity contribution in [2.75, 3.05) is 47.5 Å². The Hall–Kier alpha value is -2.03. The Morgan fingerprint density at radius 2 is 0.982 bits per heavy atom. The van der Waals surface area contributed by atoms with Crippen LogP contribution in [0.4, 0.5) is 0 Å². The average molecular weight is 796 g/mol. The third-order valence-corrected chi connectivity index (χ3v) is 10.0. The quantitative estimate of drug-likeness (QED) is 0.0199. The summed E-state index contributed by atoms with van der Waals surface area (Å²) in [6.07, 6.45) is 42.8. The molecule has 320 valence electrons. The number of allylic oxidation sites excluding steroid dienone is 8. The Morgan fingerprint density at radius 3 is 1.55 bits per heavy atom. The standard InChI is InChI=1S/C45H82NO8P/c1-6-8-10-12-14-16-18-20-22-24-25-27-29-31-33-35-37-44(47)51-41-43(42-53-55(49,50)52-40-39-46(3,4)5)54-45(48)38-36-34-32-30-28-26-23-21-19-17-15-13-11-9-7-2/h15,17,21-24,28,30,43H,6-14,16,18-20,25-27,29,31-42H2,1-5H3/b17-15-,23-21-,24-22-,30-28-/t43-/m1/s1. The fraction of sp³-hybridized carbons (Fsp3) is 0.778. The molecule has 0 aliphatic rings. The molecule has 0 N–H and O–H groups in total. The molecule has 0 aromatic rings. The van der Waals surface area contributed by atoms with Gasteiger partial charge >= 0.3 is 11.9 Å². The van der Waals surface area contributed by atoms with Gasteiger partial charge in [0, 0.05) is 12.8 Å². The van der Waals surface area contributed by atoms with E-state index in [1.54, 1.807) is 0 Å². The van der Waals surface area contributed by atoms with E-state index in [1.165, 1.54) is 70.6 Å². The Bertz CT molecular complexity index is 1080. The summed E-state index contributed by atoms with van der Waals surface area (Å²) >= 11 is 0. The number of unbranched alkanes of at least 4 members (excludes halogenated alkanes) is 17. The molecule has 0 rings (SSSR count). The fourth-order valence-electron chi connectivity index (χ4n) is 5.60. The molecule has 2 atom stereocenters. The van der Waals surface area contributed by atoms with Crippen LogP contribution in [0, 0.1) is 0 Å². The van der Waals surface area contributed by atoms with Gasteiger partial charge in [-0.3, -0.25) is 14.2 Å². The molecular weight excluding hydrogens is 713 g/mol. The van der Waals surface area contributed by atoms with Crippen LogP contribution in [-0.2, 0) is 32.7 Å². The van der Waals surface area contributed by atoms with E-state index in [0.717, 1.165) is 64.2 Å². The number of phosphoric acid groups is 1. The van der Waals surface area contributed by atoms with Gasteiger partial charge in [-0.25, -0.2) is 0 Å². The molecule has 0 aromatic heterocycles. The topological polar surface area (TPSA) is 111 Å². The zero-order chi connectivity index (χ0) is 40.7. The van der Waals surface area contributed by atoms with Gasteiger partial charge in [-0.05, 0) is 77.0 Å². The number of hydrogen-bond donors (Lipinski definition) is 0. The number of phosphoric ester groups is 1. The SMILES string of the molecule is CCCCC/C=C\C/C=C\C/C=C\CCCCC(=O)O[C@H](COC(=O)CCCCCCC/C=C\CCCCCCCCC)COP(=O)([O-])OCC[N+](C)(C)C. The third kappa shape index (κ3) is 41.4. The van der Waals surface area contributed by atoms with Crippen molar-refractivity contribution in [3.05, 3.63) is 48.6 Å². The summed E-state index contributed by atoms with van der Waals surface area (Å²) in [7, 11) is 1.13. The summed E-state index contributed by atoms with van der Waals surface area (Å²) in [6.45, 7) is 4.13. The van der Waals surface area contributed by atoms with E-state index in [4.69, 9.17) is 18.5 Å². The largest absolute Gasteiger partial charge is 0.756 e. The van der Waals surface area contributed by atoms with Crippen molar-refractivity contribution in [1.29, 1.82) is 0 Å². The summed E-state index contributed by atoms with van der Waals surface area (Å²) in [5, 5.41) is 0. The second-order valence-corrected chi connectivity index (χ2v) is 17.1. The number of nitrogens with zero attached hydrogens (tertiary/aromatic N) is 1. The molecular formula is C45H82NO8P. The lowest BCUT2D eigenvalue weighted by Crippen LogP contribution is -2.37. The minimum absolute atomic E-state index is 0.0407. The third-order valence-electron chi connectivity index (χ3n) is 9.07. The maximum Gasteiger partial charge on any atom is 0.306 e. The van der Waals surface area contributed by atoms with Crippen LogP contribution in [0.1, 0.15) is 174 Å². The summed E-state index contributed by atoms with van der Waals surface area (Å²) in [4.78, 5) is 37.5. The number of carbonyl (C=O) groups is 2. The van der Waals surface area contributed by atoms with Gasteiger partial charge in [0.25, 0.3) is 7.82 Å². The zero-order valence-corrected chi connectivity index (χ0v) is 36.8. The Morgan fingerprint density at radius 1 is 0.564 bits per heavy atom. The molecule has 0 saturated heterocycles. The highest BCUT2D eigenvalue weighted by Gasteiger charge is 2.21. The van der Waals surface area contributed by atoms with E-state index in [9.17, 15) is 19.0 Å². The first kappa shape index (κ1) is 53.0. The van der Waals surface area contributed by atoms with Crippen LogP contribution in [0.2, 0.25) is 0 Å². The fourth-order valence-corrected chi connectivity index (χ4v) is 6.32. The molecule has 0 radical (unpaired) electrons. The van der Waals surface area contributed by atoms with Crippen LogP contribution in [0.15, 0.2) is 48.6 Å². The van der Waals surface area contributed by atoms with Crippen molar-refractivity contribution in [3.8, 4) is 0 Å². The number of rotatable bonds is 39. The normalized spacial score (nSPS) is 14.1. The monoisotopic (exact) mass is 796 g/mol. The van der Waals surface area contributed by atoms with Crippen LogP contribution < -0.4 is 4.89 Å². The van der Waals surface area contributed by atoms with Crippen molar-refractivity contribution in [3.63, 3.8) is 0 Å². The Balaban J connectivity index is 4.45. The molecule has 0 spiro atoms. The maximum atomic E-state index is 12.6. The van der Waals surface area contributed by atoms with Crippen molar-refractivity contribution in [2.24, 2.45) is 0 Å². The molecule has 0 aliphatic carbocycles. The van der Waals surface area contributed by atoms with E-state index in [1.807, 2.05) is 21.1 Å². The minimum atomic E-state index is -4.64. The molecule has 0 fully saturated rings. The lowest BCUT2D eigenvalue weighted by molar-refractivity contribution is -0.870. The molecule has 0 aliphatic heterocycles. The first-order valence-corrected chi connectivity index (χ1v) is 23.3. The number of carbonyl (C=O) groups excluding carboxylic acids is 2. The van der Waals surface area contributed by atoms with E-state index in [2.05, 4.69) is 62.5 Å². The summed E-state index contributed by atoms with van der Waals surface area (Å²) < 4.78 is 33.8. The van der Waals surface area contributed by atoms with Crippen LogP contribution in [0.5, 0.6) is 0 Å². The van der Waals surface area contributed by atoms with Gasteiger partial charge in [0.05, 0.1) is 27.7 Å².